The van der Waals surface area contributed by atoms with Gasteiger partial charge >= 0.3 is 6.03 Å². The fraction of sp³-hybridized carbons (Fsp3) is 0.364. The van der Waals surface area contributed by atoms with Gasteiger partial charge in [0.1, 0.15) is 11.5 Å². The Kier molecular flexibility index (Phi) is 7.82. The Morgan fingerprint density at radius 3 is 2.28 bits per heavy atom. The van der Waals surface area contributed by atoms with Gasteiger partial charge in [-0.3, -0.25) is 0 Å². The molecule has 0 spiro atoms. The third kappa shape index (κ3) is 6.45. The van der Waals surface area contributed by atoms with E-state index < -0.39 is 0 Å². The van der Waals surface area contributed by atoms with E-state index in [4.69, 9.17) is 4.74 Å². The number of carbonyl (C=O) groups is 1. The number of amides is 2. The molecule has 202 valence electrons. The van der Waals surface area contributed by atoms with Crippen LogP contribution in [0.5, 0.6) is 11.5 Å². The quantitative estimate of drug-likeness (QED) is 0.235. The normalized spacial score (nSPS) is 20.5. The summed E-state index contributed by atoms with van der Waals surface area (Å²) in [4.78, 5) is 18.7. The van der Waals surface area contributed by atoms with Crippen molar-refractivity contribution in [2.45, 2.75) is 50.5 Å². The maximum absolute atomic E-state index is 12.6. The summed E-state index contributed by atoms with van der Waals surface area (Å²) >= 11 is 0. The van der Waals surface area contributed by atoms with Gasteiger partial charge in [0, 0.05) is 35.4 Å². The largest absolute Gasteiger partial charge is 0.457 e. The Morgan fingerprint density at radius 1 is 0.821 bits per heavy atom. The van der Waals surface area contributed by atoms with Crippen LogP contribution in [-0.4, -0.2) is 41.6 Å². The van der Waals surface area contributed by atoms with Crippen LogP contribution in [0.2, 0.25) is 0 Å². The number of likely N-dealkylation sites (tertiary alicyclic amines) is 1. The molecule has 39 heavy (non-hydrogen) atoms. The second kappa shape index (κ2) is 12.0. The van der Waals surface area contributed by atoms with Crippen molar-refractivity contribution in [2.75, 3.05) is 25.0 Å². The summed E-state index contributed by atoms with van der Waals surface area (Å²) in [5, 5.41) is 7.54. The first-order valence-electron chi connectivity index (χ1n) is 14.4. The number of urea groups is 1. The van der Waals surface area contributed by atoms with E-state index in [0.29, 0.717) is 5.92 Å². The first-order chi connectivity index (χ1) is 19.2. The topological polar surface area (TPSA) is 69.4 Å². The smallest absolute Gasteiger partial charge is 0.319 e. The third-order valence-electron chi connectivity index (χ3n) is 8.44. The Bertz CT molecular complexity index is 1350. The van der Waals surface area contributed by atoms with Gasteiger partial charge in [-0.15, -0.1) is 0 Å². The number of rotatable bonds is 7. The fourth-order valence-electron chi connectivity index (χ4n) is 6.30. The minimum absolute atomic E-state index is 0.130. The molecular weight excluding hydrogens is 484 g/mol. The molecule has 6 nitrogen and oxygen atoms in total. The van der Waals surface area contributed by atoms with Crippen molar-refractivity contribution in [1.82, 2.24) is 15.2 Å². The molecule has 2 fully saturated rings. The molecule has 0 atom stereocenters. The van der Waals surface area contributed by atoms with Gasteiger partial charge in [0.05, 0.1) is 0 Å². The Labute approximate surface area is 230 Å². The maximum Gasteiger partial charge on any atom is 0.319 e. The molecule has 2 aliphatic rings. The number of piperidine rings is 1. The van der Waals surface area contributed by atoms with Crippen LogP contribution in [0.25, 0.3) is 10.9 Å². The molecule has 3 aromatic carbocycles. The van der Waals surface area contributed by atoms with E-state index in [1.807, 2.05) is 54.6 Å². The number of fused-ring (bicyclic) bond motifs is 1. The molecular formula is C33H38N4O2. The van der Waals surface area contributed by atoms with E-state index in [0.717, 1.165) is 35.9 Å². The number of aromatic nitrogens is 1. The van der Waals surface area contributed by atoms with Crippen LogP contribution < -0.4 is 15.4 Å². The summed E-state index contributed by atoms with van der Waals surface area (Å²) in [5.41, 5.74) is 3.50. The number of ether oxygens (including phenoxy) is 1. The van der Waals surface area contributed by atoms with Crippen molar-refractivity contribution >= 4 is 22.6 Å². The molecule has 0 radical (unpaired) electrons. The maximum atomic E-state index is 12.6. The van der Waals surface area contributed by atoms with Crippen molar-refractivity contribution in [1.29, 1.82) is 0 Å². The summed E-state index contributed by atoms with van der Waals surface area (Å²) in [5.74, 6) is 2.92. The summed E-state index contributed by atoms with van der Waals surface area (Å²) in [7, 11) is 0. The summed E-state index contributed by atoms with van der Waals surface area (Å²) in [6.07, 6.45) is 9.15. The fourth-order valence-corrected chi connectivity index (χ4v) is 6.30. The Hall–Kier alpha value is -3.77. The summed E-state index contributed by atoms with van der Waals surface area (Å²) in [6.45, 7) is 3.55. The molecule has 4 aromatic rings. The number of nitrogens with one attached hydrogen (secondary N) is 3. The second-order valence-corrected chi connectivity index (χ2v) is 11.1. The van der Waals surface area contributed by atoms with Crippen LogP contribution >= 0.6 is 0 Å². The number of hydrogen-bond donors (Lipinski definition) is 3. The average Bonchev–Trinajstić information content (AvgIpc) is 3.40. The monoisotopic (exact) mass is 522 g/mol. The van der Waals surface area contributed by atoms with Crippen molar-refractivity contribution in [3.8, 4) is 11.5 Å². The highest BCUT2D eigenvalue weighted by Gasteiger charge is 2.27. The van der Waals surface area contributed by atoms with E-state index in [1.54, 1.807) is 0 Å². The lowest BCUT2D eigenvalue weighted by molar-refractivity contribution is 0.157. The number of carbonyl (C=O) groups excluding carboxylic acids is 1. The van der Waals surface area contributed by atoms with Crippen LogP contribution in [0.15, 0.2) is 85.1 Å². The predicted molar refractivity (Wildman–Crippen MR) is 158 cm³/mol. The molecule has 2 amide bonds. The lowest BCUT2D eigenvalue weighted by Gasteiger charge is -2.36. The van der Waals surface area contributed by atoms with Crippen LogP contribution in [-0.2, 0) is 0 Å². The molecule has 6 rings (SSSR count). The molecule has 0 unspecified atom stereocenters. The molecule has 0 bridgehead atoms. The van der Waals surface area contributed by atoms with Gasteiger partial charge in [0.15, 0.2) is 0 Å². The summed E-state index contributed by atoms with van der Waals surface area (Å²) in [6, 6.07) is 25.9. The molecule has 3 N–H and O–H groups in total. The predicted octanol–water partition coefficient (Wildman–Crippen LogP) is 7.52. The molecule has 6 heteroatoms. The average molecular weight is 523 g/mol. The van der Waals surface area contributed by atoms with Gasteiger partial charge in [0.25, 0.3) is 0 Å². The minimum atomic E-state index is -0.130. The number of benzene rings is 3. The highest BCUT2D eigenvalue weighted by Crippen LogP contribution is 2.34. The molecule has 1 aromatic heterocycles. The van der Waals surface area contributed by atoms with Gasteiger partial charge in [-0.2, -0.15) is 0 Å². The first kappa shape index (κ1) is 25.5. The van der Waals surface area contributed by atoms with Crippen LogP contribution in [0, 0.1) is 5.92 Å². The minimum Gasteiger partial charge on any atom is -0.457 e. The third-order valence-corrected chi connectivity index (χ3v) is 8.44. The molecule has 2 heterocycles. The number of aromatic amines is 1. The zero-order valence-corrected chi connectivity index (χ0v) is 22.4. The van der Waals surface area contributed by atoms with Gasteiger partial charge in [-0.05, 0) is 111 Å². The Morgan fingerprint density at radius 2 is 1.51 bits per heavy atom. The highest BCUT2D eigenvalue weighted by atomic mass is 16.5. The van der Waals surface area contributed by atoms with Crippen molar-refractivity contribution in [2.24, 2.45) is 5.92 Å². The van der Waals surface area contributed by atoms with E-state index in [1.165, 1.54) is 61.8 Å². The SMILES string of the molecule is O=C(Nc1ccc(Oc2ccccc2)cc1)NC1CCC(CN2CCC(c3c[nH]c4ccccc34)CC2)CC1. The zero-order chi connectivity index (χ0) is 26.4. The van der Waals surface area contributed by atoms with E-state index in [-0.39, 0.29) is 12.1 Å². The standard InChI is InChI=1S/C33H38N4O2/c38-33(36-27-14-16-29(17-15-27)39-28-6-2-1-3-7-28)35-26-12-10-24(11-13-26)23-37-20-18-25(19-21-37)31-22-34-32-9-5-4-8-30(31)32/h1-9,14-17,22,24-26,34H,10-13,18-21,23H2,(H2,35,36,38). The van der Waals surface area contributed by atoms with Crippen LogP contribution in [0.4, 0.5) is 10.5 Å². The Balaban J connectivity index is 0.903. The van der Waals surface area contributed by atoms with E-state index in [2.05, 4.69) is 51.0 Å². The highest BCUT2D eigenvalue weighted by molar-refractivity contribution is 5.89. The van der Waals surface area contributed by atoms with E-state index in [9.17, 15) is 4.79 Å². The van der Waals surface area contributed by atoms with Crippen LogP contribution in [0.1, 0.15) is 50.0 Å². The second-order valence-electron chi connectivity index (χ2n) is 11.1. The van der Waals surface area contributed by atoms with Crippen molar-refractivity contribution < 1.29 is 9.53 Å². The lowest BCUT2D eigenvalue weighted by Crippen LogP contribution is -2.42. The molecule has 1 aliphatic heterocycles. The van der Waals surface area contributed by atoms with Gasteiger partial charge in [-0.1, -0.05) is 36.4 Å². The molecule has 1 aliphatic carbocycles. The zero-order valence-electron chi connectivity index (χ0n) is 22.4. The number of para-hydroxylation sites is 2. The summed E-state index contributed by atoms with van der Waals surface area (Å²) < 4.78 is 5.83. The van der Waals surface area contributed by atoms with Gasteiger partial charge < -0.3 is 25.3 Å². The number of hydrogen-bond acceptors (Lipinski definition) is 3. The lowest BCUT2D eigenvalue weighted by atomic mass is 9.84. The number of H-pyrrole nitrogens is 1. The number of anilines is 1. The molecule has 1 saturated heterocycles. The first-order valence-corrected chi connectivity index (χ1v) is 14.4. The van der Waals surface area contributed by atoms with Crippen LogP contribution in [0.3, 0.4) is 0 Å². The van der Waals surface area contributed by atoms with Crippen molar-refractivity contribution in [3.63, 3.8) is 0 Å². The number of nitrogens with zero attached hydrogens (tertiary/aromatic N) is 1. The van der Waals surface area contributed by atoms with Gasteiger partial charge in [-0.25, -0.2) is 4.79 Å². The van der Waals surface area contributed by atoms with Gasteiger partial charge in [0.2, 0.25) is 0 Å². The van der Waals surface area contributed by atoms with E-state index >= 15 is 0 Å². The van der Waals surface area contributed by atoms with Crippen molar-refractivity contribution in [3.05, 3.63) is 90.6 Å². The molecule has 1 saturated carbocycles.